The van der Waals surface area contributed by atoms with E-state index in [1.807, 2.05) is 48.2 Å². The Kier molecular flexibility index (Phi) is 5.26. The Morgan fingerprint density at radius 3 is 2.79 bits per heavy atom. The molecule has 7 nitrogen and oxygen atoms in total. The third-order valence-electron chi connectivity index (χ3n) is 4.75. The van der Waals surface area contributed by atoms with Crippen LogP contribution in [0.2, 0.25) is 0 Å². The van der Waals surface area contributed by atoms with Gasteiger partial charge in [-0.3, -0.25) is 19.9 Å². The largest absolute Gasteiger partial charge is 0.378 e. The minimum atomic E-state index is -0.287. The fraction of sp³-hybridized carbons (Fsp3) is 0.238. The number of thiazole rings is 1. The summed E-state index contributed by atoms with van der Waals surface area (Å²) in [6, 6.07) is 12.8. The van der Waals surface area contributed by atoms with Crippen molar-refractivity contribution >= 4 is 34.0 Å². The predicted octanol–water partition coefficient (Wildman–Crippen LogP) is 3.05. The van der Waals surface area contributed by atoms with E-state index in [0.29, 0.717) is 35.9 Å². The number of nitrogens with zero attached hydrogens (tertiary/aromatic N) is 4. The second-order valence-electron chi connectivity index (χ2n) is 6.98. The van der Waals surface area contributed by atoms with Crippen LogP contribution in [0, 0.1) is 0 Å². The molecule has 8 heteroatoms. The molecule has 0 saturated heterocycles. The number of nitrogens with one attached hydrogen (secondary N) is 1. The molecule has 0 spiro atoms. The summed E-state index contributed by atoms with van der Waals surface area (Å²) in [6.45, 7) is 1.10. The summed E-state index contributed by atoms with van der Waals surface area (Å²) in [7, 11) is 3.91. The van der Waals surface area contributed by atoms with Gasteiger partial charge in [0.1, 0.15) is 5.69 Å². The molecule has 2 amide bonds. The van der Waals surface area contributed by atoms with Crippen molar-refractivity contribution in [3.8, 4) is 0 Å². The molecule has 0 unspecified atom stereocenters. The molecule has 3 aromatic rings. The van der Waals surface area contributed by atoms with E-state index in [4.69, 9.17) is 0 Å². The molecule has 1 aromatic carbocycles. The number of carbonyl (C=O) groups excluding carboxylic acids is 2. The van der Waals surface area contributed by atoms with Gasteiger partial charge in [0.2, 0.25) is 0 Å². The van der Waals surface area contributed by atoms with Gasteiger partial charge in [-0.1, -0.05) is 23.5 Å². The van der Waals surface area contributed by atoms with Gasteiger partial charge in [-0.15, -0.1) is 0 Å². The third-order valence-corrected chi connectivity index (χ3v) is 5.74. The van der Waals surface area contributed by atoms with Crippen LogP contribution in [0.5, 0.6) is 0 Å². The summed E-state index contributed by atoms with van der Waals surface area (Å²) in [4.78, 5) is 38.7. The molecule has 0 atom stereocenters. The number of amides is 2. The Hall–Kier alpha value is -3.26. The van der Waals surface area contributed by atoms with Gasteiger partial charge in [-0.2, -0.15) is 0 Å². The summed E-state index contributed by atoms with van der Waals surface area (Å²) in [5.41, 5.74) is 2.95. The molecular formula is C21H21N5O2S. The van der Waals surface area contributed by atoms with Gasteiger partial charge in [0, 0.05) is 49.4 Å². The highest BCUT2D eigenvalue weighted by atomic mass is 32.1. The maximum Gasteiger partial charge on any atom is 0.276 e. The molecule has 2 aromatic heterocycles. The van der Waals surface area contributed by atoms with E-state index in [1.54, 1.807) is 24.4 Å². The molecule has 0 fully saturated rings. The monoisotopic (exact) mass is 407 g/mol. The zero-order chi connectivity index (χ0) is 20.4. The van der Waals surface area contributed by atoms with Crippen LogP contribution >= 0.6 is 11.3 Å². The second-order valence-corrected chi connectivity index (χ2v) is 8.06. The standard InChI is InChI=1S/C21H21N5O2S/c1-25(2)15-7-5-6-14(12-15)20(28)26-11-9-16-18(13-26)29-21(23-16)24-19(27)17-8-3-4-10-22-17/h3-8,10,12H,9,11,13H2,1-2H3,(H,23,24,27). The topological polar surface area (TPSA) is 78.4 Å². The normalized spacial score (nSPS) is 13.0. The van der Waals surface area contributed by atoms with Crippen LogP contribution in [0.1, 0.15) is 31.4 Å². The molecule has 0 saturated carbocycles. The predicted molar refractivity (Wildman–Crippen MR) is 114 cm³/mol. The summed E-state index contributed by atoms with van der Waals surface area (Å²) in [5.74, 6) is -0.281. The second kappa shape index (κ2) is 8.00. The highest BCUT2D eigenvalue weighted by Crippen LogP contribution is 2.29. The number of rotatable bonds is 4. The van der Waals surface area contributed by atoms with Gasteiger partial charge in [0.25, 0.3) is 11.8 Å². The minimum absolute atomic E-state index is 0.00632. The van der Waals surface area contributed by atoms with E-state index in [9.17, 15) is 9.59 Å². The Morgan fingerprint density at radius 2 is 2.03 bits per heavy atom. The highest BCUT2D eigenvalue weighted by Gasteiger charge is 2.25. The first-order chi connectivity index (χ1) is 14.0. The van der Waals surface area contributed by atoms with Crippen molar-refractivity contribution in [3.05, 3.63) is 70.5 Å². The summed E-state index contributed by atoms with van der Waals surface area (Å²) in [6.07, 6.45) is 2.25. The lowest BCUT2D eigenvalue weighted by Crippen LogP contribution is -2.35. The van der Waals surface area contributed by atoms with E-state index < -0.39 is 0 Å². The lowest BCUT2D eigenvalue weighted by Gasteiger charge is -2.26. The molecule has 148 valence electrons. The number of carbonyl (C=O) groups is 2. The first-order valence-electron chi connectivity index (χ1n) is 9.29. The van der Waals surface area contributed by atoms with E-state index in [0.717, 1.165) is 16.3 Å². The maximum atomic E-state index is 13.0. The van der Waals surface area contributed by atoms with Crippen molar-refractivity contribution in [1.29, 1.82) is 0 Å². The summed E-state index contributed by atoms with van der Waals surface area (Å²) >= 11 is 1.41. The van der Waals surface area contributed by atoms with Gasteiger partial charge in [-0.25, -0.2) is 4.98 Å². The summed E-state index contributed by atoms with van der Waals surface area (Å²) < 4.78 is 0. The Morgan fingerprint density at radius 1 is 1.17 bits per heavy atom. The number of hydrogen-bond acceptors (Lipinski definition) is 6. The van der Waals surface area contributed by atoms with Crippen molar-refractivity contribution in [2.45, 2.75) is 13.0 Å². The van der Waals surface area contributed by atoms with E-state index in [-0.39, 0.29) is 11.8 Å². The molecule has 4 rings (SSSR count). The lowest BCUT2D eigenvalue weighted by atomic mass is 10.1. The zero-order valence-corrected chi connectivity index (χ0v) is 17.1. The fourth-order valence-corrected chi connectivity index (χ4v) is 4.20. The highest BCUT2D eigenvalue weighted by molar-refractivity contribution is 7.15. The van der Waals surface area contributed by atoms with Crippen LogP contribution in [0.25, 0.3) is 0 Å². The fourth-order valence-electron chi connectivity index (χ4n) is 3.18. The molecule has 1 aliphatic heterocycles. The Bertz CT molecular complexity index is 1050. The quantitative estimate of drug-likeness (QED) is 0.719. The zero-order valence-electron chi connectivity index (χ0n) is 16.3. The van der Waals surface area contributed by atoms with E-state index in [2.05, 4.69) is 15.3 Å². The summed E-state index contributed by atoms with van der Waals surface area (Å²) in [5, 5.41) is 3.34. The average molecular weight is 407 g/mol. The average Bonchev–Trinajstić information content (AvgIpc) is 3.15. The van der Waals surface area contributed by atoms with Crippen molar-refractivity contribution in [2.75, 3.05) is 30.9 Å². The van der Waals surface area contributed by atoms with Gasteiger partial charge in [-0.05, 0) is 30.3 Å². The number of pyridine rings is 1. The Labute approximate surface area is 173 Å². The van der Waals surface area contributed by atoms with E-state index in [1.165, 1.54) is 11.3 Å². The van der Waals surface area contributed by atoms with Crippen molar-refractivity contribution in [3.63, 3.8) is 0 Å². The van der Waals surface area contributed by atoms with Crippen LogP contribution < -0.4 is 10.2 Å². The van der Waals surface area contributed by atoms with Gasteiger partial charge in [0.15, 0.2) is 5.13 Å². The maximum absolute atomic E-state index is 13.0. The van der Waals surface area contributed by atoms with E-state index >= 15 is 0 Å². The molecule has 3 heterocycles. The molecular weight excluding hydrogens is 386 g/mol. The SMILES string of the molecule is CN(C)c1cccc(C(=O)N2CCc3nc(NC(=O)c4ccccn4)sc3C2)c1. The van der Waals surface area contributed by atoms with Crippen LogP contribution in [0.4, 0.5) is 10.8 Å². The van der Waals surface area contributed by atoms with Gasteiger partial charge in [0.05, 0.1) is 12.2 Å². The first kappa shape index (κ1) is 19.1. The number of anilines is 2. The Balaban J connectivity index is 1.47. The number of benzene rings is 1. The minimum Gasteiger partial charge on any atom is -0.378 e. The van der Waals surface area contributed by atoms with Crippen molar-refractivity contribution in [1.82, 2.24) is 14.9 Å². The molecule has 29 heavy (non-hydrogen) atoms. The van der Waals surface area contributed by atoms with Crippen LogP contribution in [-0.2, 0) is 13.0 Å². The molecule has 1 aliphatic rings. The smallest absolute Gasteiger partial charge is 0.276 e. The molecule has 0 bridgehead atoms. The van der Waals surface area contributed by atoms with Crippen LogP contribution in [0.15, 0.2) is 48.7 Å². The molecule has 0 aliphatic carbocycles. The number of aromatic nitrogens is 2. The van der Waals surface area contributed by atoms with Crippen molar-refractivity contribution in [2.24, 2.45) is 0 Å². The first-order valence-corrected chi connectivity index (χ1v) is 10.1. The number of hydrogen-bond donors (Lipinski definition) is 1. The third kappa shape index (κ3) is 4.12. The van der Waals surface area contributed by atoms with Crippen LogP contribution in [0.3, 0.4) is 0 Å². The lowest BCUT2D eigenvalue weighted by molar-refractivity contribution is 0.0736. The van der Waals surface area contributed by atoms with Crippen molar-refractivity contribution < 1.29 is 9.59 Å². The molecule has 1 N–H and O–H groups in total. The van der Waals surface area contributed by atoms with Gasteiger partial charge >= 0.3 is 0 Å². The van der Waals surface area contributed by atoms with Gasteiger partial charge < -0.3 is 9.80 Å². The van der Waals surface area contributed by atoms with Crippen LogP contribution in [-0.4, -0.2) is 47.3 Å². The number of fused-ring (bicyclic) bond motifs is 1. The molecule has 0 radical (unpaired) electrons.